The van der Waals surface area contributed by atoms with Crippen molar-refractivity contribution in [1.82, 2.24) is 14.5 Å². The summed E-state index contributed by atoms with van der Waals surface area (Å²) in [5, 5.41) is 7.77. The van der Waals surface area contributed by atoms with E-state index in [1.165, 1.54) is 31.5 Å². The summed E-state index contributed by atoms with van der Waals surface area (Å²) in [5.41, 5.74) is 4.98. The van der Waals surface area contributed by atoms with Gasteiger partial charge in [-0.15, -0.1) is 0 Å². The van der Waals surface area contributed by atoms with Crippen molar-refractivity contribution < 1.29 is 32.6 Å². The highest BCUT2D eigenvalue weighted by Gasteiger charge is 2.26. The van der Waals surface area contributed by atoms with E-state index in [0.29, 0.717) is 37.8 Å². The van der Waals surface area contributed by atoms with Crippen LogP contribution in [0.1, 0.15) is 27.2 Å². The van der Waals surface area contributed by atoms with Gasteiger partial charge in [0.2, 0.25) is 5.91 Å². The lowest BCUT2D eigenvalue weighted by Crippen LogP contribution is -2.49. The fourth-order valence-electron chi connectivity index (χ4n) is 4.21. The van der Waals surface area contributed by atoms with Gasteiger partial charge in [-0.25, -0.2) is 8.78 Å². The van der Waals surface area contributed by atoms with Gasteiger partial charge in [0.15, 0.2) is 11.6 Å². The lowest BCUT2D eigenvalue weighted by atomic mass is 10.2. The SMILES string of the molecule is C=CN.CC(C)COCC(CN(C)c1cc(F)c(N2CCN(C(=O)C/C=C/n3ccncc3=N)CC2)c(F)c1)OC=O.CC=O. The Kier molecular flexibility index (Phi) is 18.1. The molecule has 12 nitrogen and oxygen atoms in total. The first kappa shape index (κ1) is 38.4. The van der Waals surface area contributed by atoms with Crippen molar-refractivity contribution in [3.8, 4) is 0 Å². The summed E-state index contributed by atoms with van der Waals surface area (Å²) < 4.78 is 42.4. The number of aldehydes is 1. The van der Waals surface area contributed by atoms with Crippen molar-refractivity contribution in [2.75, 3.05) is 62.8 Å². The van der Waals surface area contributed by atoms with Crippen LogP contribution in [0.2, 0.25) is 0 Å². The number of carbonyl (C=O) groups is 3. The van der Waals surface area contributed by atoms with Crippen molar-refractivity contribution in [3.63, 3.8) is 0 Å². The van der Waals surface area contributed by atoms with Gasteiger partial charge >= 0.3 is 0 Å². The summed E-state index contributed by atoms with van der Waals surface area (Å²) in [6.45, 7) is 11.1. The van der Waals surface area contributed by atoms with E-state index in [-0.39, 0.29) is 49.7 Å². The molecule has 3 N–H and O–H groups in total. The third-order valence-electron chi connectivity index (χ3n) is 6.22. The van der Waals surface area contributed by atoms with E-state index in [4.69, 9.17) is 19.7 Å². The summed E-state index contributed by atoms with van der Waals surface area (Å²) >= 11 is 0. The Morgan fingerprint density at radius 3 is 2.31 bits per heavy atom. The minimum absolute atomic E-state index is 0.102. The second kappa shape index (κ2) is 21.2. The Labute approximate surface area is 263 Å². The van der Waals surface area contributed by atoms with Crippen molar-refractivity contribution >= 4 is 36.2 Å². The van der Waals surface area contributed by atoms with Gasteiger partial charge in [-0.2, -0.15) is 0 Å². The molecule has 1 fully saturated rings. The zero-order chi connectivity index (χ0) is 33.8. The molecular formula is C31H45F2N7O5. The van der Waals surface area contributed by atoms with Crippen molar-refractivity contribution in [1.29, 1.82) is 5.41 Å². The van der Waals surface area contributed by atoms with Gasteiger partial charge in [0.1, 0.15) is 23.6 Å². The Morgan fingerprint density at radius 1 is 1.18 bits per heavy atom. The Balaban J connectivity index is 0.00000156. The molecule has 45 heavy (non-hydrogen) atoms. The molecule has 1 atom stereocenters. The Morgan fingerprint density at radius 2 is 1.78 bits per heavy atom. The highest BCUT2D eigenvalue weighted by Crippen LogP contribution is 2.29. The maximum Gasteiger partial charge on any atom is 0.293 e. The van der Waals surface area contributed by atoms with E-state index in [0.717, 1.165) is 6.29 Å². The number of hydrogen-bond donors (Lipinski definition) is 2. The van der Waals surface area contributed by atoms with Gasteiger partial charge < -0.3 is 39.3 Å². The first-order chi connectivity index (χ1) is 21.5. The third-order valence-corrected chi connectivity index (χ3v) is 6.22. The average Bonchev–Trinajstić information content (AvgIpc) is 2.99. The number of ether oxygens (including phenoxy) is 2. The number of benzene rings is 1. The molecule has 2 heterocycles. The number of nitrogens with two attached hydrogens (primary N) is 1. The first-order valence-electron chi connectivity index (χ1n) is 14.4. The number of anilines is 2. The van der Waals surface area contributed by atoms with Gasteiger partial charge in [0.25, 0.3) is 6.47 Å². The summed E-state index contributed by atoms with van der Waals surface area (Å²) in [6.07, 6.45) is 9.43. The highest BCUT2D eigenvalue weighted by atomic mass is 19.1. The molecule has 0 bridgehead atoms. The summed E-state index contributed by atoms with van der Waals surface area (Å²) in [5.74, 6) is -1.19. The van der Waals surface area contributed by atoms with Crippen LogP contribution in [0.25, 0.3) is 6.20 Å². The number of likely N-dealkylation sites (N-methyl/N-ethyl adjacent to an activating group) is 1. The molecule has 1 aliphatic heterocycles. The topological polar surface area (TPSA) is 147 Å². The zero-order valence-electron chi connectivity index (χ0n) is 26.4. The van der Waals surface area contributed by atoms with Gasteiger partial charge in [0.05, 0.1) is 19.3 Å². The smallest absolute Gasteiger partial charge is 0.293 e. The minimum Gasteiger partial charge on any atom is -0.460 e. The minimum atomic E-state index is -0.705. The van der Waals surface area contributed by atoms with E-state index in [1.54, 1.807) is 51.0 Å². The third kappa shape index (κ3) is 13.7. The maximum absolute atomic E-state index is 15.1. The normalized spacial score (nSPS) is 13.2. The molecule has 3 rings (SSSR count). The molecule has 14 heteroatoms. The Bertz CT molecular complexity index is 1270. The number of carbonyl (C=O) groups excluding carboxylic acids is 3. The summed E-state index contributed by atoms with van der Waals surface area (Å²) in [7, 11) is 1.66. The number of hydrogen-bond acceptors (Lipinski definition) is 10. The van der Waals surface area contributed by atoms with Crippen LogP contribution >= 0.6 is 0 Å². The van der Waals surface area contributed by atoms with Crippen molar-refractivity contribution in [2.24, 2.45) is 11.7 Å². The average molecular weight is 634 g/mol. The Hall–Kier alpha value is -4.59. The van der Waals surface area contributed by atoms with E-state index in [1.807, 2.05) is 13.8 Å². The molecule has 0 aliphatic carbocycles. The summed E-state index contributed by atoms with van der Waals surface area (Å²) in [4.78, 5) is 41.0. The zero-order valence-corrected chi connectivity index (χ0v) is 26.4. The molecule has 2 aromatic rings. The number of halogens is 2. The fraction of sp³-hybridized carbons (Fsp3) is 0.452. The van der Waals surface area contributed by atoms with Crippen LogP contribution in [0.15, 0.2) is 49.6 Å². The van der Waals surface area contributed by atoms with Crippen molar-refractivity contribution in [3.05, 3.63) is 66.7 Å². The molecule has 1 aromatic carbocycles. The van der Waals surface area contributed by atoms with Crippen molar-refractivity contribution in [2.45, 2.75) is 33.3 Å². The van der Waals surface area contributed by atoms with E-state index >= 15 is 8.78 Å². The van der Waals surface area contributed by atoms with Crippen LogP contribution in [-0.2, 0) is 23.9 Å². The number of nitrogens with zero attached hydrogens (tertiary/aromatic N) is 5. The molecule has 248 valence electrons. The van der Waals surface area contributed by atoms with Crippen LogP contribution in [0, 0.1) is 23.0 Å². The van der Waals surface area contributed by atoms with Gasteiger partial charge in [-0.3, -0.25) is 20.0 Å². The second-order valence-electron chi connectivity index (χ2n) is 10.2. The molecule has 0 radical (unpaired) electrons. The molecule has 0 spiro atoms. The van der Waals surface area contributed by atoms with Crippen LogP contribution in [0.4, 0.5) is 20.2 Å². The largest absolute Gasteiger partial charge is 0.460 e. The van der Waals surface area contributed by atoms with Crippen LogP contribution < -0.4 is 21.0 Å². The molecule has 1 amide bonds. The molecule has 1 unspecified atom stereocenters. The van der Waals surface area contributed by atoms with Gasteiger partial charge in [-0.1, -0.05) is 26.5 Å². The molecule has 1 saturated heterocycles. The molecule has 1 aliphatic rings. The van der Waals surface area contributed by atoms with Crippen LogP contribution in [0.5, 0.6) is 0 Å². The second-order valence-corrected chi connectivity index (χ2v) is 10.2. The molecular weight excluding hydrogens is 588 g/mol. The first-order valence-corrected chi connectivity index (χ1v) is 14.4. The van der Waals surface area contributed by atoms with E-state index in [9.17, 15) is 9.59 Å². The quantitative estimate of drug-likeness (QED) is 0.318. The van der Waals surface area contributed by atoms with Gasteiger partial charge in [0, 0.05) is 70.5 Å². The number of piperazine rings is 1. The highest BCUT2D eigenvalue weighted by molar-refractivity contribution is 5.78. The summed E-state index contributed by atoms with van der Waals surface area (Å²) in [6, 6.07) is 2.51. The van der Waals surface area contributed by atoms with Crippen LogP contribution in [0.3, 0.4) is 0 Å². The maximum atomic E-state index is 15.1. The molecule has 0 saturated carbocycles. The number of amides is 1. The van der Waals surface area contributed by atoms with E-state index < -0.39 is 17.7 Å². The molecule has 1 aromatic heterocycles. The predicted molar refractivity (Wildman–Crippen MR) is 169 cm³/mol. The monoisotopic (exact) mass is 633 g/mol. The number of aromatic nitrogens is 2. The van der Waals surface area contributed by atoms with Crippen LogP contribution in [-0.4, -0.2) is 92.2 Å². The fourth-order valence-corrected chi connectivity index (χ4v) is 4.21. The lowest BCUT2D eigenvalue weighted by molar-refractivity contribution is -0.136. The predicted octanol–water partition coefficient (Wildman–Crippen LogP) is 2.79. The number of rotatable bonds is 13. The van der Waals surface area contributed by atoms with Gasteiger partial charge in [-0.05, 0) is 31.2 Å². The lowest BCUT2D eigenvalue weighted by Gasteiger charge is -2.36. The number of nitrogens with one attached hydrogen (secondary N) is 1. The van der Waals surface area contributed by atoms with E-state index in [2.05, 4.69) is 17.3 Å². The standard InChI is InChI=1S/C27H36F2N6O4.C2H5N.C2H4O/c1-20(2)17-38-18-22(39-19-36)16-32(3)21-13-23(28)27(24(29)14-21)35-11-9-34(10-12-35)26(37)5-4-7-33-8-6-31-15-25(33)30;2*1-2-3/h4,6-8,13-15,19-20,22,30H,5,9-12,16-18H2,1-3H3;2H,1,3H2;2H,1H3/b7-4+,30-25?;;.